The minimum absolute atomic E-state index is 0.192. The van der Waals surface area contributed by atoms with Crippen molar-refractivity contribution in [2.45, 2.75) is 25.7 Å². The Bertz CT molecular complexity index is 1130. The smallest absolute Gasteiger partial charge is 0.279 e. The summed E-state index contributed by atoms with van der Waals surface area (Å²) in [6, 6.07) is 9.95. The van der Waals surface area contributed by atoms with Gasteiger partial charge in [-0.2, -0.15) is 4.99 Å². The van der Waals surface area contributed by atoms with Crippen LogP contribution >= 0.6 is 11.3 Å². The third-order valence-corrected chi connectivity index (χ3v) is 6.36. The Hall–Kier alpha value is -2.60. The molecule has 5 rings (SSSR count). The summed E-state index contributed by atoms with van der Waals surface area (Å²) in [5.41, 5.74) is 4.32. The molecule has 1 aliphatic heterocycles. The Morgan fingerprint density at radius 2 is 1.78 bits per heavy atom. The van der Waals surface area contributed by atoms with Crippen molar-refractivity contribution in [1.29, 1.82) is 0 Å². The Morgan fingerprint density at radius 1 is 1.04 bits per heavy atom. The summed E-state index contributed by atoms with van der Waals surface area (Å²) in [4.78, 5) is 17.8. The van der Waals surface area contributed by atoms with Gasteiger partial charge in [0.05, 0.1) is 10.2 Å². The van der Waals surface area contributed by atoms with Gasteiger partial charge >= 0.3 is 0 Å². The summed E-state index contributed by atoms with van der Waals surface area (Å²) in [6.45, 7) is 1.12. The van der Waals surface area contributed by atoms with E-state index in [1.807, 2.05) is 35.9 Å². The van der Waals surface area contributed by atoms with E-state index in [0.717, 1.165) is 34.6 Å². The Balaban J connectivity index is 1.55. The standard InChI is InChI=1S/C21H20N2O3S/c1-23-16-11-17-18(26-9-8-25-17)12-19(16)27-21(23)22-20(24)15-7-6-13-4-2-3-5-14(13)10-15/h6-7,10-12H,2-5,8-9H2,1H3. The van der Waals surface area contributed by atoms with Crippen molar-refractivity contribution < 1.29 is 14.3 Å². The lowest BCUT2D eigenvalue weighted by Gasteiger charge is -2.18. The van der Waals surface area contributed by atoms with Crippen molar-refractivity contribution in [2.75, 3.05) is 13.2 Å². The third-order valence-electron chi connectivity index (χ3n) is 5.27. The molecule has 2 heterocycles. The van der Waals surface area contributed by atoms with E-state index in [1.165, 1.54) is 35.3 Å². The average Bonchev–Trinajstić information content (AvgIpc) is 3.00. The predicted octanol–water partition coefficient (Wildman–Crippen LogP) is 3.63. The number of ether oxygens (including phenoxy) is 2. The predicted molar refractivity (Wildman–Crippen MR) is 105 cm³/mol. The number of aryl methyl sites for hydroxylation is 3. The second kappa shape index (κ2) is 6.53. The minimum Gasteiger partial charge on any atom is -0.486 e. The van der Waals surface area contributed by atoms with E-state index in [-0.39, 0.29) is 5.91 Å². The summed E-state index contributed by atoms with van der Waals surface area (Å²) < 4.78 is 14.3. The number of hydrogen-bond acceptors (Lipinski definition) is 4. The summed E-state index contributed by atoms with van der Waals surface area (Å²) in [7, 11) is 1.92. The first kappa shape index (κ1) is 16.6. The molecule has 0 atom stereocenters. The Morgan fingerprint density at radius 3 is 2.59 bits per heavy atom. The SMILES string of the molecule is Cn1c(=NC(=O)c2ccc3c(c2)CCCC3)sc2cc3c(cc21)OCCO3. The van der Waals surface area contributed by atoms with Crippen LogP contribution in [0, 0.1) is 0 Å². The van der Waals surface area contributed by atoms with Gasteiger partial charge in [-0.25, -0.2) is 0 Å². The number of carbonyl (C=O) groups excluding carboxylic acids is 1. The minimum atomic E-state index is -0.192. The van der Waals surface area contributed by atoms with Crippen LogP contribution in [0.4, 0.5) is 0 Å². The largest absolute Gasteiger partial charge is 0.486 e. The zero-order valence-corrected chi connectivity index (χ0v) is 16.0. The van der Waals surface area contributed by atoms with Crippen LogP contribution in [0.3, 0.4) is 0 Å². The van der Waals surface area contributed by atoms with Gasteiger partial charge in [-0.1, -0.05) is 17.4 Å². The highest BCUT2D eigenvalue weighted by Crippen LogP contribution is 2.35. The van der Waals surface area contributed by atoms with Crippen molar-refractivity contribution in [3.8, 4) is 11.5 Å². The molecule has 1 aliphatic carbocycles. The first-order valence-corrected chi connectivity index (χ1v) is 10.1. The number of thiazole rings is 1. The molecule has 6 heteroatoms. The van der Waals surface area contributed by atoms with Crippen LogP contribution in [0.1, 0.15) is 34.3 Å². The van der Waals surface area contributed by atoms with Crippen LogP contribution in [0.25, 0.3) is 10.2 Å². The maximum Gasteiger partial charge on any atom is 0.279 e. The van der Waals surface area contributed by atoms with E-state index in [0.29, 0.717) is 23.6 Å². The molecule has 3 aromatic rings. The number of fused-ring (bicyclic) bond motifs is 3. The molecular weight excluding hydrogens is 360 g/mol. The molecule has 0 radical (unpaired) electrons. The second-order valence-corrected chi connectivity index (χ2v) is 8.02. The van der Waals surface area contributed by atoms with E-state index in [4.69, 9.17) is 9.47 Å². The van der Waals surface area contributed by atoms with Crippen molar-refractivity contribution >= 4 is 27.5 Å². The monoisotopic (exact) mass is 380 g/mol. The number of nitrogens with zero attached hydrogens (tertiary/aromatic N) is 2. The molecule has 2 aromatic carbocycles. The molecule has 0 fully saturated rings. The molecule has 0 N–H and O–H groups in total. The summed E-state index contributed by atoms with van der Waals surface area (Å²) in [6.07, 6.45) is 4.60. The molecule has 0 saturated carbocycles. The molecule has 2 aliphatic rings. The fourth-order valence-electron chi connectivity index (χ4n) is 3.79. The summed E-state index contributed by atoms with van der Waals surface area (Å²) >= 11 is 1.49. The van der Waals surface area contributed by atoms with E-state index < -0.39 is 0 Å². The summed E-state index contributed by atoms with van der Waals surface area (Å²) in [5, 5.41) is 0. The van der Waals surface area contributed by atoms with Crippen molar-refractivity contribution in [3.63, 3.8) is 0 Å². The fraction of sp³-hybridized carbons (Fsp3) is 0.333. The number of carbonyl (C=O) groups is 1. The second-order valence-electron chi connectivity index (χ2n) is 7.01. The van der Waals surface area contributed by atoms with Gasteiger partial charge in [0.1, 0.15) is 13.2 Å². The van der Waals surface area contributed by atoms with Gasteiger partial charge in [0.2, 0.25) is 0 Å². The van der Waals surface area contributed by atoms with E-state index in [2.05, 4.69) is 11.1 Å². The quantitative estimate of drug-likeness (QED) is 0.648. The molecule has 1 amide bonds. The number of rotatable bonds is 1. The van der Waals surface area contributed by atoms with Gasteiger partial charge in [-0.3, -0.25) is 4.79 Å². The first-order chi connectivity index (χ1) is 13.2. The lowest BCUT2D eigenvalue weighted by molar-refractivity contribution is 0.0998. The van der Waals surface area contributed by atoms with Gasteiger partial charge in [-0.05, 0) is 48.9 Å². The van der Waals surface area contributed by atoms with Crippen molar-refractivity contribution in [3.05, 3.63) is 51.8 Å². The number of aromatic nitrogens is 1. The Kier molecular flexibility index (Phi) is 4.01. The van der Waals surface area contributed by atoms with Gasteiger partial charge < -0.3 is 14.0 Å². The fourth-order valence-corrected chi connectivity index (χ4v) is 4.82. The third kappa shape index (κ3) is 2.94. The van der Waals surface area contributed by atoms with Crippen LogP contribution < -0.4 is 14.3 Å². The molecule has 5 nitrogen and oxygen atoms in total. The molecule has 0 unspecified atom stereocenters. The highest BCUT2D eigenvalue weighted by molar-refractivity contribution is 7.16. The number of amides is 1. The molecule has 0 saturated heterocycles. The molecule has 0 bridgehead atoms. The van der Waals surface area contributed by atoms with Gasteiger partial charge in [0, 0.05) is 24.7 Å². The molecule has 27 heavy (non-hydrogen) atoms. The molecule has 0 spiro atoms. The zero-order valence-electron chi connectivity index (χ0n) is 15.2. The highest BCUT2D eigenvalue weighted by atomic mass is 32.1. The lowest BCUT2D eigenvalue weighted by atomic mass is 9.90. The lowest BCUT2D eigenvalue weighted by Crippen LogP contribution is -2.16. The normalized spacial score (nSPS) is 16.4. The summed E-state index contributed by atoms with van der Waals surface area (Å²) in [5.74, 6) is 1.31. The van der Waals surface area contributed by atoms with Gasteiger partial charge in [-0.15, -0.1) is 0 Å². The van der Waals surface area contributed by atoms with Crippen LogP contribution in [0.15, 0.2) is 35.3 Å². The zero-order chi connectivity index (χ0) is 18.4. The number of benzene rings is 2. The van der Waals surface area contributed by atoms with E-state index in [1.54, 1.807) is 0 Å². The van der Waals surface area contributed by atoms with Gasteiger partial charge in [0.15, 0.2) is 16.3 Å². The van der Waals surface area contributed by atoms with Crippen LogP contribution in [-0.4, -0.2) is 23.7 Å². The van der Waals surface area contributed by atoms with Crippen LogP contribution in [0.2, 0.25) is 0 Å². The van der Waals surface area contributed by atoms with E-state index in [9.17, 15) is 4.79 Å². The van der Waals surface area contributed by atoms with Crippen molar-refractivity contribution in [2.24, 2.45) is 12.0 Å². The molecule has 138 valence electrons. The molecular formula is C21H20N2O3S. The van der Waals surface area contributed by atoms with Crippen LogP contribution in [-0.2, 0) is 19.9 Å². The maximum atomic E-state index is 12.8. The first-order valence-electron chi connectivity index (χ1n) is 9.29. The number of hydrogen-bond donors (Lipinski definition) is 0. The van der Waals surface area contributed by atoms with E-state index >= 15 is 0 Å². The van der Waals surface area contributed by atoms with Crippen molar-refractivity contribution in [1.82, 2.24) is 4.57 Å². The van der Waals surface area contributed by atoms with Gasteiger partial charge in [0.25, 0.3) is 5.91 Å². The Labute approximate surface area is 160 Å². The maximum absolute atomic E-state index is 12.8. The highest BCUT2D eigenvalue weighted by Gasteiger charge is 2.16. The average molecular weight is 380 g/mol. The topological polar surface area (TPSA) is 52.8 Å². The molecule has 1 aromatic heterocycles. The van der Waals surface area contributed by atoms with Crippen LogP contribution in [0.5, 0.6) is 11.5 Å².